The Morgan fingerprint density at radius 1 is 1.21 bits per heavy atom. The van der Waals surface area contributed by atoms with E-state index in [1.807, 2.05) is 0 Å². The summed E-state index contributed by atoms with van der Waals surface area (Å²) in [5.41, 5.74) is 1.72. The number of esters is 1. The normalized spacial score (nSPS) is 19.4. The molecular formula is C24H32N3O5S2+. The van der Waals surface area contributed by atoms with Crippen molar-refractivity contribution in [3.63, 3.8) is 0 Å². The summed E-state index contributed by atoms with van der Waals surface area (Å²) in [5, 5.41) is 3.35. The molecule has 2 aliphatic heterocycles. The third kappa shape index (κ3) is 4.91. The molecule has 10 heteroatoms. The quantitative estimate of drug-likeness (QED) is 0.586. The fraction of sp³-hybridized carbons (Fsp3) is 0.500. The molecule has 1 aromatic heterocycles. The molecule has 184 valence electrons. The number of carbonyl (C=O) groups is 2. The van der Waals surface area contributed by atoms with Gasteiger partial charge in [-0.15, -0.1) is 11.3 Å². The topological polar surface area (TPSA) is 97.2 Å². The first-order valence-electron chi connectivity index (χ1n) is 11.7. The van der Waals surface area contributed by atoms with Crippen LogP contribution in [0.15, 0.2) is 29.2 Å². The van der Waals surface area contributed by atoms with Gasteiger partial charge >= 0.3 is 5.97 Å². The summed E-state index contributed by atoms with van der Waals surface area (Å²) in [6.45, 7) is 8.05. The Hall–Kier alpha value is -2.27. The van der Waals surface area contributed by atoms with Gasteiger partial charge in [0.15, 0.2) is 0 Å². The van der Waals surface area contributed by atoms with Crippen LogP contribution in [-0.2, 0) is 27.7 Å². The van der Waals surface area contributed by atoms with E-state index in [0.29, 0.717) is 35.1 Å². The Kier molecular flexibility index (Phi) is 7.42. The summed E-state index contributed by atoms with van der Waals surface area (Å²) in [4.78, 5) is 28.2. The van der Waals surface area contributed by atoms with E-state index in [-0.39, 0.29) is 10.8 Å². The molecule has 1 amide bonds. The van der Waals surface area contributed by atoms with Crippen molar-refractivity contribution >= 4 is 38.2 Å². The van der Waals surface area contributed by atoms with E-state index in [2.05, 4.69) is 19.2 Å². The van der Waals surface area contributed by atoms with Crippen LogP contribution < -0.4 is 10.2 Å². The third-order valence-corrected chi connectivity index (χ3v) is 9.90. The molecule has 1 aromatic carbocycles. The smallest absolute Gasteiger partial charge is 0.341 e. The van der Waals surface area contributed by atoms with Crippen LogP contribution >= 0.6 is 11.3 Å². The van der Waals surface area contributed by atoms with Crippen molar-refractivity contribution in [2.45, 2.75) is 44.6 Å². The van der Waals surface area contributed by atoms with E-state index in [1.165, 1.54) is 51.9 Å². The average Bonchev–Trinajstić information content (AvgIpc) is 3.20. The molecule has 2 N–H and O–H groups in total. The number of ether oxygens (including phenoxy) is 1. The predicted molar refractivity (Wildman–Crippen MR) is 131 cm³/mol. The Balaban J connectivity index is 1.53. The number of methoxy groups -OCH3 is 1. The molecular weight excluding hydrogens is 474 g/mol. The highest BCUT2D eigenvalue weighted by molar-refractivity contribution is 7.89. The minimum absolute atomic E-state index is 0.183. The maximum absolute atomic E-state index is 13.0. The second kappa shape index (κ2) is 10.2. The number of amides is 1. The number of hydrogen-bond donors (Lipinski definition) is 2. The second-order valence-electron chi connectivity index (χ2n) is 9.04. The zero-order valence-corrected chi connectivity index (χ0v) is 21.5. The highest BCUT2D eigenvalue weighted by atomic mass is 32.2. The van der Waals surface area contributed by atoms with Gasteiger partial charge in [-0.25, -0.2) is 13.2 Å². The molecule has 1 atom stereocenters. The van der Waals surface area contributed by atoms with E-state index in [4.69, 9.17) is 4.74 Å². The highest BCUT2D eigenvalue weighted by Crippen LogP contribution is 2.35. The molecule has 2 aliphatic rings. The van der Waals surface area contributed by atoms with E-state index >= 15 is 0 Å². The number of hydrogen-bond acceptors (Lipinski definition) is 6. The van der Waals surface area contributed by atoms with E-state index < -0.39 is 16.0 Å². The zero-order valence-electron chi connectivity index (χ0n) is 19.8. The van der Waals surface area contributed by atoms with E-state index in [0.717, 1.165) is 49.3 Å². The number of nitrogens with one attached hydrogen (secondary N) is 2. The van der Waals surface area contributed by atoms with E-state index in [1.54, 1.807) is 0 Å². The molecule has 4 rings (SSSR count). The zero-order chi connectivity index (χ0) is 24.5. The SMILES string of the molecule is CC[NH+]1CCc2c(sc(NC(=O)c3ccc(S(=O)(=O)N4CCC(C)CC4)cc3)c2C(=O)OC)C1. The number of quaternary nitrogens is 1. The lowest BCUT2D eigenvalue weighted by molar-refractivity contribution is -0.913. The summed E-state index contributed by atoms with van der Waals surface area (Å²) >= 11 is 1.42. The number of carbonyl (C=O) groups excluding carboxylic acids is 2. The van der Waals surface area contributed by atoms with Gasteiger partial charge in [-0.3, -0.25) is 4.79 Å². The predicted octanol–water partition coefficient (Wildman–Crippen LogP) is 2.17. The molecule has 0 bridgehead atoms. The number of benzene rings is 1. The van der Waals surface area contributed by atoms with Crippen molar-refractivity contribution < 1.29 is 27.6 Å². The number of likely N-dealkylation sites (N-methyl/N-ethyl adjacent to an activating group) is 1. The first-order valence-corrected chi connectivity index (χ1v) is 14.0. The van der Waals surface area contributed by atoms with Crippen molar-refractivity contribution in [3.8, 4) is 0 Å². The molecule has 0 saturated carbocycles. The maximum Gasteiger partial charge on any atom is 0.341 e. The average molecular weight is 507 g/mol. The summed E-state index contributed by atoms with van der Waals surface area (Å²) < 4.78 is 32.4. The molecule has 8 nitrogen and oxygen atoms in total. The third-order valence-electron chi connectivity index (χ3n) is 6.84. The largest absolute Gasteiger partial charge is 0.465 e. The van der Waals surface area contributed by atoms with Gasteiger partial charge in [-0.2, -0.15) is 4.31 Å². The van der Waals surface area contributed by atoms with Crippen LogP contribution in [0.25, 0.3) is 0 Å². The Bertz CT molecular complexity index is 1170. The molecule has 34 heavy (non-hydrogen) atoms. The van der Waals surface area contributed by atoms with E-state index in [9.17, 15) is 18.0 Å². The van der Waals surface area contributed by atoms with Gasteiger partial charge < -0.3 is 15.0 Å². The number of sulfonamides is 1. The van der Waals surface area contributed by atoms with Crippen LogP contribution in [0, 0.1) is 5.92 Å². The molecule has 0 aliphatic carbocycles. The van der Waals surface area contributed by atoms with Crippen molar-refractivity contribution in [1.29, 1.82) is 0 Å². The number of fused-ring (bicyclic) bond motifs is 1. The van der Waals surface area contributed by atoms with Crippen molar-refractivity contribution in [2.24, 2.45) is 5.92 Å². The minimum Gasteiger partial charge on any atom is -0.465 e. The van der Waals surface area contributed by atoms with Crippen molar-refractivity contribution in [3.05, 3.63) is 45.8 Å². The fourth-order valence-corrected chi connectivity index (χ4v) is 7.34. The van der Waals surface area contributed by atoms with Crippen LogP contribution in [0.4, 0.5) is 5.00 Å². The van der Waals surface area contributed by atoms with Gasteiger partial charge in [0, 0.05) is 25.1 Å². The number of anilines is 1. The van der Waals surface area contributed by atoms with Crippen LogP contribution in [0.3, 0.4) is 0 Å². The number of rotatable bonds is 6. The van der Waals surface area contributed by atoms with Gasteiger partial charge in [0.1, 0.15) is 11.5 Å². The van der Waals surface area contributed by atoms with Gasteiger partial charge in [-0.05, 0) is 55.5 Å². The molecule has 1 unspecified atom stereocenters. The van der Waals surface area contributed by atoms with Crippen molar-refractivity contribution in [2.75, 3.05) is 38.6 Å². The van der Waals surface area contributed by atoms with Gasteiger partial charge in [0.25, 0.3) is 5.91 Å². The van der Waals surface area contributed by atoms with Crippen LogP contribution in [0.2, 0.25) is 0 Å². The maximum atomic E-state index is 13.0. The number of nitrogens with zero attached hydrogens (tertiary/aromatic N) is 1. The van der Waals surface area contributed by atoms with Crippen LogP contribution in [0.5, 0.6) is 0 Å². The Labute approximate surface area is 204 Å². The first kappa shape index (κ1) is 24.8. The monoisotopic (exact) mass is 506 g/mol. The lowest BCUT2D eigenvalue weighted by atomic mass is 10.0. The highest BCUT2D eigenvalue weighted by Gasteiger charge is 2.31. The van der Waals surface area contributed by atoms with Crippen LogP contribution in [-0.4, -0.2) is 57.9 Å². The first-order chi connectivity index (χ1) is 16.2. The fourth-order valence-electron chi connectivity index (χ4n) is 4.57. The minimum atomic E-state index is -3.58. The number of thiophene rings is 1. The molecule has 0 radical (unpaired) electrons. The second-order valence-corrected chi connectivity index (χ2v) is 12.1. The summed E-state index contributed by atoms with van der Waals surface area (Å²) in [7, 11) is -2.24. The van der Waals surface area contributed by atoms with Gasteiger partial charge in [0.05, 0.1) is 35.5 Å². The van der Waals surface area contributed by atoms with Gasteiger partial charge in [-0.1, -0.05) is 6.92 Å². The summed E-state index contributed by atoms with van der Waals surface area (Å²) in [6.07, 6.45) is 2.46. The molecule has 2 aromatic rings. The summed E-state index contributed by atoms with van der Waals surface area (Å²) in [5.74, 6) is -0.314. The van der Waals surface area contributed by atoms with Crippen LogP contribution in [0.1, 0.15) is 57.8 Å². The molecule has 1 saturated heterocycles. The van der Waals surface area contributed by atoms with Gasteiger partial charge in [0.2, 0.25) is 10.0 Å². The lowest BCUT2D eigenvalue weighted by Gasteiger charge is -2.29. The van der Waals surface area contributed by atoms with Crippen molar-refractivity contribution in [1.82, 2.24) is 4.31 Å². The summed E-state index contributed by atoms with van der Waals surface area (Å²) in [6, 6.07) is 5.99. The molecule has 1 fully saturated rings. The Morgan fingerprint density at radius 2 is 1.88 bits per heavy atom. The molecule has 0 spiro atoms. The number of piperidine rings is 1. The standard InChI is InChI=1S/C24H31N3O5S2/c1-4-26-12-11-19-20(15-26)33-23(21(19)24(29)32-3)25-22(28)17-5-7-18(8-6-17)34(30,31)27-13-9-16(2)10-14-27/h5-8,16H,4,9-15H2,1-3H3,(H,25,28)/p+1. The lowest BCUT2D eigenvalue weighted by Crippen LogP contribution is -3.11. The molecule has 3 heterocycles. The Morgan fingerprint density at radius 3 is 2.50 bits per heavy atom.